The van der Waals surface area contributed by atoms with Gasteiger partial charge in [-0.05, 0) is 44.6 Å². The monoisotopic (exact) mass is 415 g/mol. The zero-order chi connectivity index (χ0) is 21.6. The first-order valence-corrected chi connectivity index (χ1v) is 10.2. The van der Waals surface area contributed by atoms with Gasteiger partial charge < -0.3 is 25.2 Å². The molecular formula is C21H35F2N3O3. The first-order valence-electron chi connectivity index (χ1n) is 10.2. The molecule has 0 spiro atoms. The van der Waals surface area contributed by atoms with Crippen molar-refractivity contribution in [3.05, 3.63) is 23.8 Å². The number of guanidine groups is 1. The third-order valence-electron chi connectivity index (χ3n) is 4.22. The normalized spacial score (nSPS) is 12.9. The summed E-state index contributed by atoms with van der Waals surface area (Å²) < 4.78 is 35.8. The Labute approximate surface area is 172 Å². The number of alkyl halides is 2. The number of aliphatic imine (C=N–C) groups is 1. The van der Waals surface area contributed by atoms with Gasteiger partial charge in [0.15, 0.2) is 17.5 Å². The molecule has 0 fully saturated rings. The van der Waals surface area contributed by atoms with Crippen molar-refractivity contribution < 1.29 is 23.4 Å². The van der Waals surface area contributed by atoms with Crippen LogP contribution < -0.4 is 20.1 Å². The smallest absolute Gasteiger partial charge is 0.387 e. The zero-order valence-electron chi connectivity index (χ0n) is 17.9. The third-order valence-corrected chi connectivity index (χ3v) is 4.22. The van der Waals surface area contributed by atoms with Crippen LogP contribution in [0.25, 0.3) is 0 Å². The van der Waals surface area contributed by atoms with E-state index in [1.807, 2.05) is 6.92 Å². The van der Waals surface area contributed by atoms with E-state index in [0.717, 1.165) is 6.42 Å². The van der Waals surface area contributed by atoms with Gasteiger partial charge in [0.25, 0.3) is 0 Å². The van der Waals surface area contributed by atoms with E-state index in [-0.39, 0.29) is 24.7 Å². The predicted molar refractivity (Wildman–Crippen MR) is 112 cm³/mol. The molecule has 0 aliphatic rings. The maximum absolute atomic E-state index is 12.9. The number of aliphatic hydroxyl groups excluding tert-OH is 1. The van der Waals surface area contributed by atoms with E-state index in [4.69, 9.17) is 9.47 Å². The van der Waals surface area contributed by atoms with Gasteiger partial charge in [-0.15, -0.1) is 0 Å². The van der Waals surface area contributed by atoms with E-state index in [9.17, 15) is 13.9 Å². The summed E-state index contributed by atoms with van der Waals surface area (Å²) in [5.41, 5.74) is 0.516. The van der Waals surface area contributed by atoms with E-state index < -0.39 is 6.61 Å². The van der Waals surface area contributed by atoms with Gasteiger partial charge in [-0.1, -0.05) is 26.0 Å². The molecule has 6 nitrogen and oxygen atoms in total. The summed E-state index contributed by atoms with van der Waals surface area (Å²) in [6, 6.07) is 5.03. The van der Waals surface area contributed by atoms with Crippen molar-refractivity contribution in [3.8, 4) is 11.5 Å². The van der Waals surface area contributed by atoms with E-state index in [2.05, 4.69) is 29.5 Å². The third kappa shape index (κ3) is 9.78. The first-order chi connectivity index (χ1) is 13.9. The van der Waals surface area contributed by atoms with Crippen LogP contribution in [-0.2, 0) is 6.54 Å². The van der Waals surface area contributed by atoms with Crippen LogP contribution in [0.15, 0.2) is 23.2 Å². The molecule has 0 aromatic heterocycles. The quantitative estimate of drug-likeness (QED) is 0.338. The number of hydrogen-bond acceptors (Lipinski definition) is 4. The molecule has 0 saturated carbocycles. The minimum absolute atomic E-state index is 0.0157. The average Bonchev–Trinajstić information content (AvgIpc) is 2.65. The van der Waals surface area contributed by atoms with Crippen molar-refractivity contribution in [2.75, 3.05) is 26.3 Å². The SMILES string of the molecule is CCNC(=NCc1cccc(OCC)c1OC(F)F)NCC(CCO)CC(C)C. The molecule has 1 aromatic carbocycles. The second-order valence-electron chi connectivity index (χ2n) is 7.14. The van der Waals surface area contributed by atoms with Gasteiger partial charge in [0.1, 0.15) is 0 Å². The number of hydrogen-bond donors (Lipinski definition) is 3. The molecule has 0 radical (unpaired) electrons. The van der Waals surface area contributed by atoms with Crippen molar-refractivity contribution in [3.63, 3.8) is 0 Å². The van der Waals surface area contributed by atoms with Gasteiger partial charge in [-0.2, -0.15) is 8.78 Å². The minimum Gasteiger partial charge on any atom is -0.490 e. The van der Waals surface area contributed by atoms with Crippen molar-refractivity contribution >= 4 is 5.96 Å². The highest BCUT2D eigenvalue weighted by molar-refractivity contribution is 5.79. The van der Waals surface area contributed by atoms with Gasteiger partial charge in [-0.25, -0.2) is 4.99 Å². The van der Waals surface area contributed by atoms with Gasteiger partial charge in [0, 0.05) is 25.3 Å². The largest absolute Gasteiger partial charge is 0.490 e. The molecule has 3 N–H and O–H groups in total. The van der Waals surface area contributed by atoms with E-state index in [1.165, 1.54) is 0 Å². The van der Waals surface area contributed by atoms with Crippen LogP contribution in [0.4, 0.5) is 8.78 Å². The molecule has 1 aromatic rings. The molecule has 1 atom stereocenters. The summed E-state index contributed by atoms with van der Waals surface area (Å²) in [7, 11) is 0. The second kappa shape index (κ2) is 14.0. The molecule has 0 bridgehead atoms. The molecule has 1 unspecified atom stereocenters. The van der Waals surface area contributed by atoms with Crippen LogP contribution in [0.5, 0.6) is 11.5 Å². The van der Waals surface area contributed by atoms with Crippen LogP contribution in [0.3, 0.4) is 0 Å². The lowest BCUT2D eigenvalue weighted by Crippen LogP contribution is -2.40. The molecule has 166 valence electrons. The Hall–Kier alpha value is -2.09. The first kappa shape index (κ1) is 24.9. The summed E-state index contributed by atoms with van der Waals surface area (Å²) in [6.45, 7) is 7.09. The lowest BCUT2D eigenvalue weighted by Gasteiger charge is -2.20. The number of aliphatic hydroxyl groups is 1. The van der Waals surface area contributed by atoms with E-state index >= 15 is 0 Å². The van der Waals surface area contributed by atoms with Crippen molar-refractivity contribution in [2.24, 2.45) is 16.8 Å². The number of para-hydroxylation sites is 1. The lowest BCUT2D eigenvalue weighted by atomic mass is 9.94. The van der Waals surface area contributed by atoms with E-state index in [0.29, 0.717) is 49.5 Å². The maximum atomic E-state index is 12.9. The Kier molecular flexibility index (Phi) is 12.0. The van der Waals surface area contributed by atoms with Crippen molar-refractivity contribution in [2.45, 2.75) is 53.7 Å². The zero-order valence-corrected chi connectivity index (χ0v) is 17.9. The van der Waals surface area contributed by atoms with Crippen molar-refractivity contribution in [1.29, 1.82) is 0 Å². The van der Waals surface area contributed by atoms with Gasteiger partial charge in [-0.3, -0.25) is 0 Å². The molecule has 0 amide bonds. The Balaban J connectivity index is 2.92. The number of ether oxygens (including phenoxy) is 2. The summed E-state index contributed by atoms with van der Waals surface area (Å²) in [6.07, 6.45) is 1.71. The lowest BCUT2D eigenvalue weighted by molar-refractivity contribution is -0.0520. The van der Waals surface area contributed by atoms with Crippen LogP contribution in [0.1, 0.15) is 46.1 Å². The molecule has 0 saturated heterocycles. The summed E-state index contributed by atoms with van der Waals surface area (Å²) in [5, 5.41) is 15.7. The van der Waals surface area contributed by atoms with Crippen LogP contribution in [-0.4, -0.2) is 44.0 Å². The Morgan fingerprint density at radius 2 is 1.97 bits per heavy atom. The fourth-order valence-electron chi connectivity index (χ4n) is 3.08. The maximum Gasteiger partial charge on any atom is 0.387 e. The summed E-state index contributed by atoms with van der Waals surface area (Å²) in [4.78, 5) is 4.52. The molecule has 1 rings (SSSR count). The number of benzene rings is 1. The highest BCUT2D eigenvalue weighted by Crippen LogP contribution is 2.33. The Bertz CT molecular complexity index is 613. The Morgan fingerprint density at radius 3 is 2.55 bits per heavy atom. The highest BCUT2D eigenvalue weighted by Gasteiger charge is 2.16. The predicted octanol–water partition coefficient (Wildman–Crippen LogP) is 3.79. The fraction of sp³-hybridized carbons (Fsp3) is 0.667. The molecule has 0 heterocycles. The number of nitrogens with zero attached hydrogens (tertiary/aromatic N) is 1. The number of halogens is 2. The second-order valence-corrected chi connectivity index (χ2v) is 7.14. The van der Waals surface area contributed by atoms with Crippen LogP contribution >= 0.6 is 0 Å². The van der Waals surface area contributed by atoms with E-state index in [1.54, 1.807) is 25.1 Å². The molecule has 29 heavy (non-hydrogen) atoms. The van der Waals surface area contributed by atoms with Gasteiger partial charge in [0.05, 0.1) is 13.2 Å². The molecular weight excluding hydrogens is 380 g/mol. The minimum atomic E-state index is -2.94. The van der Waals surface area contributed by atoms with Gasteiger partial charge in [0.2, 0.25) is 0 Å². The standard InChI is InChI=1S/C21H35F2N3O3/c1-5-24-21(25-13-16(10-11-27)12-15(3)4)26-14-17-8-7-9-18(28-6-2)19(17)29-20(22)23/h7-9,15-16,20,27H,5-6,10-14H2,1-4H3,(H2,24,25,26). The number of nitrogens with one attached hydrogen (secondary N) is 2. The summed E-state index contributed by atoms with van der Waals surface area (Å²) >= 11 is 0. The topological polar surface area (TPSA) is 75.1 Å². The summed E-state index contributed by atoms with van der Waals surface area (Å²) in [5.74, 6) is 1.73. The van der Waals surface area contributed by atoms with Gasteiger partial charge >= 0.3 is 6.61 Å². The molecule has 0 aliphatic heterocycles. The molecule has 8 heteroatoms. The van der Waals surface area contributed by atoms with Crippen LogP contribution in [0.2, 0.25) is 0 Å². The molecule has 0 aliphatic carbocycles. The van der Waals surface area contributed by atoms with Crippen molar-refractivity contribution in [1.82, 2.24) is 10.6 Å². The average molecular weight is 416 g/mol. The highest BCUT2D eigenvalue weighted by atomic mass is 19.3. The Morgan fingerprint density at radius 1 is 1.21 bits per heavy atom. The fourth-order valence-corrected chi connectivity index (χ4v) is 3.08. The van der Waals surface area contributed by atoms with Crippen LogP contribution in [0, 0.1) is 11.8 Å². The number of rotatable bonds is 13.